The minimum Gasteiger partial charge on any atom is -0.465 e. The molecule has 3 heteroatoms. The monoisotopic (exact) mass is 188 g/mol. The minimum atomic E-state index is -0.111. The van der Waals surface area contributed by atoms with E-state index in [1.54, 1.807) is 0 Å². The smallest absolute Gasteiger partial charge is 0.308 e. The van der Waals surface area contributed by atoms with Gasteiger partial charge in [-0.3, -0.25) is 4.79 Å². The number of unbranched alkanes of at least 4 members (excludes halogenated alkanes) is 1. The Morgan fingerprint density at radius 1 is 1.46 bits per heavy atom. The molecule has 0 saturated heterocycles. The first-order valence-corrected chi connectivity index (χ1v) is 4.99. The highest BCUT2D eigenvalue weighted by Gasteiger charge is 2.12. The molecule has 1 unspecified atom stereocenters. The SMILES string of the molecule is CCCC(C)C(=O)OCCCCO. The van der Waals surface area contributed by atoms with E-state index in [1.807, 2.05) is 6.92 Å². The molecule has 0 radical (unpaired) electrons. The van der Waals surface area contributed by atoms with Crippen LogP contribution in [0.15, 0.2) is 0 Å². The third kappa shape index (κ3) is 6.58. The van der Waals surface area contributed by atoms with Crippen molar-refractivity contribution in [1.29, 1.82) is 0 Å². The van der Waals surface area contributed by atoms with Crippen molar-refractivity contribution in [2.24, 2.45) is 5.92 Å². The standard InChI is InChI=1S/C10H20O3/c1-3-6-9(2)10(12)13-8-5-4-7-11/h9,11H,3-8H2,1-2H3. The van der Waals surface area contributed by atoms with Gasteiger partial charge in [-0.2, -0.15) is 0 Å². The summed E-state index contributed by atoms with van der Waals surface area (Å²) in [5, 5.41) is 8.48. The molecule has 1 N–H and O–H groups in total. The molecule has 0 aromatic rings. The van der Waals surface area contributed by atoms with E-state index in [1.165, 1.54) is 0 Å². The first-order valence-electron chi connectivity index (χ1n) is 4.99. The van der Waals surface area contributed by atoms with Gasteiger partial charge in [-0.05, 0) is 19.3 Å². The molecule has 0 aromatic carbocycles. The molecule has 3 nitrogen and oxygen atoms in total. The third-order valence-electron chi connectivity index (χ3n) is 1.92. The van der Waals surface area contributed by atoms with Crippen LogP contribution in [0.3, 0.4) is 0 Å². The van der Waals surface area contributed by atoms with Crippen molar-refractivity contribution in [3.63, 3.8) is 0 Å². The molecule has 0 amide bonds. The maximum Gasteiger partial charge on any atom is 0.308 e. The van der Waals surface area contributed by atoms with Crippen LogP contribution in [0.25, 0.3) is 0 Å². The second-order valence-electron chi connectivity index (χ2n) is 3.29. The quantitative estimate of drug-likeness (QED) is 0.489. The summed E-state index contributed by atoms with van der Waals surface area (Å²) >= 11 is 0. The number of carbonyl (C=O) groups excluding carboxylic acids is 1. The Labute approximate surface area is 80.1 Å². The van der Waals surface area contributed by atoms with Gasteiger partial charge in [0.15, 0.2) is 0 Å². The van der Waals surface area contributed by atoms with Crippen LogP contribution in [-0.2, 0) is 9.53 Å². The zero-order chi connectivity index (χ0) is 10.1. The summed E-state index contributed by atoms with van der Waals surface area (Å²) in [5.41, 5.74) is 0. The van der Waals surface area contributed by atoms with Crippen molar-refractivity contribution >= 4 is 5.97 Å². The Morgan fingerprint density at radius 2 is 2.15 bits per heavy atom. The molecule has 0 aromatic heterocycles. The number of aliphatic hydroxyl groups is 1. The lowest BCUT2D eigenvalue weighted by atomic mass is 10.1. The second-order valence-corrected chi connectivity index (χ2v) is 3.29. The lowest BCUT2D eigenvalue weighted by Crippen LogP contribution is -2.15. The van der Waals surface area contributed by atoms with Crippen molar-refractivity contribution in [3.05, 3.63) is 0 Å². The molecule has 1 atom stereocenters. The Hall–Kier alpha value is -0.570. The van der Waals surface area contributed by atoms with Crippen LogP contribution < -0.4 is 0 Å². The lowest BCUT2D eigenvalue weighted by molar-refractivity contribution is -0.148. The summed E-state index contributed by atoms with van der Waals surface area (Å²) in [6.45, 7) is 4.54. The van der Waals surface area contributed by atoms with Gasteiger partial charge in [0, 0.05) is 6.61 Å². The molecular formula is C10H20O3. The number of hydrogen-bond donors (Lipinski definition) is 1. The first-order chi connectivity index (χ1) is 6.22. The van der Waals surface area contributed by atoms with Gasteiger partial charge < -0.3 is 9.84 Å². The summed E-state index contributed by atoms with van der Waals surface area (Å²) in [4.78, 5) is 11.2. The van der Waals surface area contributed by atoms with Crippen molar-refractivity contribution in [2.75, 3.05) is 13.2 Å². The summed E-state index contributed by atoms with van der Waals surface area (Å²) in [5.74, 6) is -0.0982. The average molecular weight is 188 g/mol. The van der Waals surface area contributed by atoms with Gasteiger partial charge in [-0.25, -0.2) is 0 Å². The highest BCUT2D eigenvalue weighted by Crippen LogP contribution is 2.07. The van der Waals surface area contributed by atoms with Crippen LogP contribution in [-0.4, -0.2) is 24.3 Å². The predicted molar refractivity (Wildman–Crippen MR) is 51.4 cm³/mol. The van der Waals surface area contributed by atoms with Gasteiger partial charge in [0.1, 0.15) is 0 Å². The molecule has 0 rings (SSSR count). The van der Waals surface area contributed by atoms with Crippen molar-refractivity contribution in [1.82, 2.24) is 0 Å². The van der Waals surface area contributed by atoms with Gasteiger partial charge in [0.05, 0.1) is 12.5 Å². The van der Waals surface area contributed by atoms with Crippen molar-refractivity contribution in [2.45, 2.75) is 39.5 Å². The van der Waals surface area contributed by atoms with Crippen molar-refractivity contribution in [3.8, 4) is 0 Å². The highest BCUT2D eigenvalue weighted by atomic mass is 16.5. The largest absolute Gasteiger partial charge is 0.465 e. The Kier molecular flexibility index (Phi) is 7.69. The number of hydrogen-bond acceptors (Lipinski definition) is 3. The van der Waals surface area contributed by atoms with E-state index in [0.29, 0.717) is 13.0 Å². The normalized spacial score (nSPS) is 12.5. The maximum atomic E-state index is 11.2. The van der Waals surface area contributed by atoms with E-state index in [9.17, 15) is 4.79 Å². The van der Waals surface area contributed by atoms with E-state index in [2.05, 4.69) is 6.92 Å². The third-order valence-corrected chi connectivity index (χ3v) is 1.92. The Bertz CT molecular complexity index is 134. The van der Waals surface area contributed by atoms with Crippen LogP contribution in [0, 0.1) is 5.92 Å². The van der Waals surface area contributed by atoms with Gasteiger partial charge in [0.2, 0.25) is 0 Å². The lowest BCUT2D eigenvalue weighted by Gasteiger charge is -2.09. The Morgan fingerprint density at radius 3 is 2.69 bits per heavy atom. The van der Waals surface area contributed by atoms with Crippen LogP contribution in [0.2, 0.25) is 0 Å². The molecule has 0 fully saturated rings. The van der Waals surface area contributed by atoms with Gasteiger partial charge in [-0.1, -0.05) is 20.3 Å². The molecular weight excluding hydrogens is 168 g/mol. The van der Waals surface area contributed by atoms with Gasteiger partial charge in [0.25, 0.3) is 0 Å². The van der Waals surface area contributed by atoms with Crippen LogP contribution in [0.1, 0.15) is 39.5 Å². The zero-order valence-corrected chi connectivity index (χ0v) is 8.58. The van der Waals surface area contributed by atoms with E-state index in [-0.39, 0.29) is 18.5 Å². The highest BCUT2D eigenvalue weighted by molar-refractivity contribution is 5.71. The molecule has 0 aliphatic heterocycles. The maximum absolute atomic E-state index is 11.2. The molecule has 0 heterocycles. The average Bonchev–Trinajstić information content (AvgIpc) is 2.12. The summed E-state index contributed by atoms with van der Waals surface area (Å²) in [6, 6.07) is 0. The Balaban J connectivity index is 3.38. The fourth-order valence-electron chi connectivity index (χ4n) is 1.08. The summed E-state index contributed by atoms with van der Waals surface area (Å²) in [7, 11) is 0. The summed E-state index contributed by atoms with van der Waals surface area (Å²) < 4.78 is 5.01. The molecule has 0 aliphatic carbocycles. The topological polar surface area (TPSA) is 46.5 Å². The zero-order valence-electron chi connectivity index (χ0n) is 8.58. The minimum absolute atomic E-state index is 0.0131. The molecule has 0 bridgehead atoms. The van der Waals surface area contributed by atoms with Crippen molar-refractivity contribution < 1.29 is 14.6 Å². The first kappa shape index (κ1) is 12.4. The number of aliphatic hydroxyl groups excluding tert-OH is 1. The molecule has 0 aliphatic rings. The molecule has 0 spiro atoms. The van der Waals surface area contributed by atoms with Gasteiger partial charge in [-0.15, -0.1) is 0 Å². The number of carbonyl (C=O) groups is 1. The number of rotatable bonds is 7. The van der Waals surface area contributed by atoms with Crippen LogP contribution in [0.5, 0.6) is 0 Å². The van der Waals surface area contributed by atoms with E-state index < -0.39 is 0 Å². The fourth-order valence-corrected chi connectivity index (χ4v) is 1.08. The van der Waals surface area contributed by atoms with E-state index >= 15 is 0 Å². The predicted octanol–water partition coefficient (Wildman–Crippen LogP) is 1.74. The molecule has 0 saturated carbocycles. The van der Waals surface area contributed by atoms with Crippen LogP contribution in [0.4, 0.5) is 0 Å². The van der Waals surface area contributed by atoms with E-state index in [4.69, 9.17) is 9.84 Å². The number of ether oxygens (including phenoxy) is 1. The second kappa shape index (κ2) is 8.05. The van der Waals surface area contributed by atoms with Crippen LogP contribution >= 0.6 is 0 Å². The van der Waals surface area contributed by atoms with E-state index in [0.717, 1.165) is 19.3 Å². The molecule has 78 valence electrons. The molecule has 13 heavy (non-hydrogen) atoms. The fraction of sp³-hybridized carbons (Fsp3) is 0.900. The van der Waals surface area contributed by atoms with Gasteiger partial charge >= 0.3 is 5.97 Å². The number of esters is 1. The summed E-state index contributed by atoms with van der Waals surface area (Å²) in [6.07, 6.45) is 3.35.